The summed E-state index contributed by atoms with van der Waals surface area (Å²) in [6.45, 7) is 6.11. The van der Waals surface area contributed by atoms with Crippen LogP contribution in [0.3, 0.4) is 0 Å². The van der Waals surface area contributed by atoms with Gasteiger partial charge < -0.3 is 10.1 Å². The van der Waals surface area contributed by atoms with Gasteiger partial charge in [0.2, 0.25) is 5.91 Å². The van der Waals surface area contributed by atoms with Gasteiger partial charge in [0.15, 0.2) is 0 Å². The smallest absolute Gasteiger partial charge is 0.224 e. The zero-order chi connectivity index (χ0) is 12.2. The van der Waals surface area contributed by atoms with Crippen LogP contribution in [0.5, 0.6) is 5.75 Å². The molecule has 0 unspecified atom stereocenters. The molecule has 88 valence electrons. The summed E-state index contributed by atoms with van der Waals surface area (Å²) in [6.07, 6.45) is 0.491. The van der Waals surface area contributed by atoms with Crippen LogP contribution < -0.4 is 10.1 Å². The lowest BCUT2D eigenvalue weighted by Crippen LogP contribution is -2.19. The van der Waals surface area contributed by atoms with Crippen molar-refractivity contribution in [2.75, 3.05) is 12.4 Å². The average Bonchev–Trinajstić information content (AvgIpc) is 2.15. The molecule has 0 spiro atoms. The van der Waals surface area contributed by atoms with E-state index in [-0.39, 0.29) is 11.3 Å². The Morgan fingerprint density at radius 2 is 1.94 bits per heavy atom. The van der Waals surface area contributed by atoms with Gasteiger partial charge in [-0.25, -0.2) is 0 Å². The van der Waals surface area contributed by atoms with Gasteiger partial charge in [0, 0.05) is 6.42 Å². The molecule has 1 N–H and O–H groups in total. The summed E-state index contributed by atoms with van der Waals surface area (Å²) in [6, 6.07) is 7.40. The van der Waals surface area contributed by atoms with E-state index in [9.17, 15) is 4.79 Å². The first-order valence-electron chi connectivity index (χ1n) is 5.35. The highest BCUT2D eigenvalue weighted by atomic mass is 16.5. The van der Waals surface area contributed by atoms with Crippen molar-refractivity contribution in [3.8, 4) is 5.75 Å². The number of methoxy groups -OCH3 is 1. The van der Waals surface area contributed by atoms with Crippen molar-refractivity contribution in [1.29, 1.82) is 0 Å². The van der Waals surface area contributed by atoms with E-state index < -0.39 is 0 Å². The lowest BCUT2D eigenvalue weighted by atomic mass is 9.92. The van der Waals surface area contributed by atoms with Crippen molar-refractivity contribution >= 4 is 11.6 Å². The van der Waals surface area contributed by atoms with E-state index in [4.69, 9.17) is 4.74 Å². The highest BCUT2D eigenvalue weighted by Gasteiger charge is 2.16. The number of carbonyl (C=O) groups is 1. The molecule has 0 radical (unpaired) electrons. The van der Waals surface area contributed by atoms with Crippen LogP contribution in [0.25, 0.3) is 0 Å². The molecule has 0 fully saturated rings. The van der Waals surface area contributed by atoms with Crippen LogP contribution in [0, 0.1) is 5.41 Å². The van der Waals surface area contributed by atoms with E-state index in [1.807, 2.05) is 45.0 Å². The van der Waals surface area contributed by atoms with Crippen molar-refractivity contribution < 1.29 is 9.53 Å². The highest BCUT2D eigenvalue weighted by Crippen LogP contribution is 2.25. The number of amides is 1. The number of anilines is 1. The zero-order valence-corrected chi connectivity index (χ0v) is 10.3. The van der Waals surface area contributed by atoms with E-state index in [0.717, 1.165) is 5.69 Å². The number of ether oxygens (including phenoxy) is 1. The van der Waals surface area contributed by atoms with Crippen LogP contribution in [0.4, 0.5) is 5.69 Å². The van der Waals surface area contributed by atoms with Crippen LogP contribution in [0.15, 0.2) is 24.3 Å². The van der Waals surface area contributed by atoms with Gasteiger partial charge in [0.1, 0.15) is 5.75 Å². The first kappa shape index (κ1) is 12.6. The van der Waals surface area contributed by atoms with E-state index in [2.05, 4.69) is 5.32 Å². The number of benzene rings is 1. The van der Waals surface area contributed by atoms with Crippen molar-refractivity contribution in [3.05, 3.63) is 24.3 Å². The largest absolute Gasteiger partial charge is 0.495 e. The van der Waals surface area contributed by atoms with E-state index in [0.29, 0.717) is 12.2 Å². The van der Waals surface area contributed by atoms with Gasteiger partial charge in [-0.3, -0.25) is 4.79 Å². The molecule has 0 bridgehead atoms. The van der Waals surface area contributed by atoms with E-state index >= 15 is 0 Å². The Morgan fingerprint density at radius 1 is 1.31 bits per heavy atom. The maximum absolute atomic E-state index is 11.7. The first-order valence-corrected chi connectivity index (χ1v) is 5.35. The van der Waals surface area contributed by atoms with Crippen LogP contribution in [-0.2, 0) is 4.79 Å². The van der Waals surface area contributed by atoms with Crippen LogP contribution in [0.2, 0.25) is 0 Å². The number of hydrogen-bond donors (Lipinski definition) is 1. The molecule has 3 nitrogen and oxygen atoms in total. The van der Waals surface area contributed by atoms with Gasteiger partial charge in [0.25, 0.3) is 0 Å². The molecule has 0 aromatic heterocycles. The van der Waals surface area contributed by atoms with Gasteiger partial charge in [0.05, 0.1) is 12.8 Å². The summed E-state index contributed by atoms with van der Waals surface area (Å²) in [5.41, 5.74) is 0.714. The minimum Gasteiger partial charge on any atom is -0.495 e. The molecule has 0 saturated heterocycles. The summed E-state index contributed by atoms with van der Waals surface area (Å²) in [5.74, 6) is 0.696. The second-order valence-electron chi connectivity index (χ2n) is 4.99. The molecular weight excluding hydrogens is 202 g/mol. The summed E-state index contributed by atoms with van der Waals surface area (Å²) in [7, 11) is 1.59. The maximum atomic E-state index is 11.7. The molecule has 0 aliphatic carbocycles. The summed E-state index contributed by atoms with van der Waals surface area (Å²) in [5, 5.41) is 2.85. The Balaban J connectivity index is 2.70. The number of carbonyl (C=O) groups excluding carboxylic acids is 1. The van der Waals surface area contributed by atoms with Crippen molar-refractivity contribution in [2.45, 2.75) is 27.2 Å². The lowest BCUT2D eigenvalue weighted by molar-refractivity contribution is -0.117. The Bertz CT molecular complexity index is 366. The van der Waals surface area contributed by atoms with Crippen LogP contribution in [0.1, 0.15) is 27.2 Å². The third-order valence-electron chi connectivity index (χ3n) is 2.07. The SMILES string of the molecule is COc1ccccc1NC(=O)CC(C)(C)C. The maximum Gasteiger partial charge on any atom is 0.224 e. The fourth-order valence-corrected chi connectivity index (χ4v) is 1.42. The van der Waals surface area contributed by atoms with Gasteiger partial charge in [-0.1, -0.05) is 32.9 Å². The lowest BCUT2D eigenvalue weighted by Gasteiger charge is -2.18. The standard InChI is InChI=1S/C13H19NO2/c1-13(2,3)9-12(15)14-10-7-5-6-8-11(10)16-4/h5-8H,9H2,1-4H3,(H,14,15). The highest BCUT2D eigenvalue weighted by molar-refractivity contribution is 5.92. The minimum absolute atomic E-state index is 0.00784. The zero-order valence-electron chi connectivity index (χ0n) is 10.3. The molecule has 0 heterocycles. The quantitative estimate of drug-likeness (QED) is 0.851. The summed E-state index contributed by atoms with van der Waals surface area (Å²) in [4.78, 5) is 11.7. The van der Waals surface area contributed by atoms with Crippen LogP contribution >= 0.6 is 0 Å². The Morgan fingerprint density at radius 3 is 2.50 bits per heavy atom. The summed E-state index contributed by atoms with van der Waals surface area (Å²) >= 11 is 0. The monoisotopic (exact) mass is 221 g/mol. The molecule has 1 amide bonds. The molecule has 16 heavy (non-hydrogen) atoms. The first-order chi connectivity index (χ1) is 7.42. The molecule has 1 aromatic carbocycles. The third-order valence-corrected chi connectivity index (χ3v) is 2.07. The van der Waals surface area contributed by atoms with Gasteiger partial charge in [-0.2, -0.15) is 0 Å². The second-order valence-corrected chi connectivity index (χ2v) is 4.99. The molecule has 1 rings (SSSR count). The Hall–Kier alpha value is -1.51. The van der Waals surface area contributed by atoms with Crippen molar-refractivity contribution in [2.24, 2.45) is 5.41 Å². The second kappa shape index (κ2) is 5.01. The van der Waals surface area contributed by atoms with Crippen LogP contribution in [-0.4, -0.2) is 13.0 Å². The number of para-hydroxylation sites is 2. The third kappa shape index (κ3) is 3.93. The van der Waals surface area contributed by atoms with E-state index in [1.165, 1.54) is 0 Å². The average molecular weight is 221 g/mol. The van der Waals surface area contributed by atoms with Gasteiger partial charge in [-0.05, 0) is 17.5 Å². The normalized spacial score (nSPS) is 11.0. The van der Waals surface area contributed by atoms with Gasteiger partial charge in [-0.15, -0.1) is 0 Å². The number of hydrogen-bond acceptors (Lipinski definition) is 2. The molecular formula is C13H19NO2. The topological polar surface area (TPSA) is 38.3 Å². The molecule has 0 aliphatic rings. The van der Waals surface area contributed by atoms with Crippen molar-refractivity contribution in [3.63, 3.8) is 0 Å². The Kier molecular flexibility index (Phi) is 3.93. The molecule has 3 heteroatoms. The van der Waals surface area contributed by atoms with Gasteiger partial charge >= 0.3 is 0 Å². The molecule has 0 aliphatic heterocycles. The number of rotatable bonds is 3. The molecule has 0 atom stereocenters. The molecule has 1 aromatic rings. The Labute approximate surface area is 96.8 Å². The minimum atomic E-state index is -0.00784. The predicted octanol–water partition coefficient (Wildman–Crippen LogP) is 3.07. The predicted molar refractivity (Wildman–Crippen MR) is 65.7 cm³/mol. The van der Waals surface area contributed by atoms with Crippen molar-refractivity contribution in [1.82, 2.24) is 0 Å². The fraction of sp³-hybridized carbons (Fsp3) is 0.462. The fourth-order valence-electron chi connectivity index (χ4n) is 1.42. The van der Waals surface area contributed by atoms with E-state index in [1.54, 1.807) is 7.11 Å². The number of nitrogens with one attached hydrogen (secondary N) is 1. The summed E-state index contributed by atoms with van der Waals surface area (Å²) < 4.78 is 5.16. The molecule has 0 saturated carbocycles.